The van der Waals surface area contributed by atoms with Crippen LogP contribution in [0.1, 0.15) is 11.7 Å². The Labute approximate surface area is 102 Å². The molecule has 0 fully saturated rings. The number of aromatic nitrogens is 1. The van der Waals surface area contributed by atoms with Crippen LogP contribution in [0.4, 0.5) is 10.2 Å². The Kier molecular flexibility index (Phi) is 2.44. The summed E-state index contributed by atoms with van der Waals surface area (Å²) < 4.78 is 18.4. The van der Waals surface area contributed by atoms with E-state index in [9.17, 15) is 9.18 Å². The number of benzene rings is 1. The third-order valence-electron chi connectivity index (χ3n) is 2.67. The number of nitrogens with one attached hydrogen (secondary N) is 1. The second-order valence-electron chi connectivity index (χ2n) is 3.89. The van der Waals surface area contributed by atoms with Gasteiger partial charge >= 0.3 is 0 Å². The maximum absolute atomic E-state index is 12.8. The van der Waals surface area contributed by atoms with E-state index in [0.29, 0.717) is 17.1 Å². The summed E-state index contributed by atoms with van der Waals surface area (Å²) in [5.41, 5.74) is 0.600. The van der Waals surface area contributed by atoms with Gasteiger partial charge in [0.2, 0.25) is 6.10 Å². The fourth-order valence-corrected chi connectivity index (χ4v) is 1.80. The number of anilines is 1. The number of halogens is 1. The Bertz CT molecular complexity index is 598. The van der Waals surface area contributed by atoms with Crippen molar-refractivity contribution < 1.29 is 13.9 Å². The molecule has 1 aromatic heterocycles. The molecule has 1 amide bonds. The first-order valence-electron chi connectivity index (χ1n) is 5.42. The molecular formula is C13H9FN2O2. The lowest BCUT2D eigenvalue weighted by Crippen LogP contribution is -2.30. The predicted octanol–water partition coefficient (Wildman–Crippen LogP) is 2.29. The molecule has 1 aromatic carbocycles. The zero-order valence-corrected chi connectivity index (χ0v) is 9.26. The third-order valence-corrected chi connectivity index (χ3v) is 2.67. The third kappa shape index (κ3) is 1.79. The smallest absolute Gasteiger partial charge is 0.271 e. The fourth-order valence-electron chi connectivity index (χ4n) is 1.80. The van der Waals surface area contributed by atoms with Crippen molar-refractivity contribution in [1.82, 2.24) is 4.98 Å². The van der Waals surface area contributed by atoms with Crippen LogP contribution in [0.5, 0.6) is 5.75 Å². The molecule has 1 aliphatic rings. The highest BCUT2D eigenvalue weighted by Crippen LogP contribution is 2.32. The molecule has 2 aromatic rings. The minimum Gasteiger partial charge on any atom is -0.472 e. The molecule has 0 saturated heterocycles. The number of nitrogens with zero attached hydrogens (tertiary/aromatic N) is 1. The monoisotopic (exact) mass is 244 g/mol. The van der Waals surface area contributed by atoms with Crippen molar-refractivity contribution in [1.29, 1.82) is 0 Å². The average molecular weight is 244 g/mol. The molecule has 90 valence electrons. The maximum Gasteiger partial charge on any atom is 0.271 e. The van der Waals surface area contributed by atoms with Crippen molar-refractivity contribution >= 4 is 11.7 Å². The van der Waals surface area contributed by atoms with Gasteiger partial charge in [-0.15, -0.1) is 0 Å². The van der Waals surface area contributed by atoms with Crippen molar-refractivity contribution in [3.8, 4) is 5.75 Å². The minimum absolute atomic E-state index is 0.312. The van der Waals surface area contributed by atoms with Crippen LogP contribution in [0.2, 0.25) is 0 Å². The number of carbonyl (C=O) groups excluding carboxylic acids is 1. The minimum atomic E-state index is -0.776. The predicted molar refractivity (Wildman–Crippen MR) is 62.6 cm³/mol. The molecule has 2 heterocycles. The van der Waals surface area contributed by atoms with Crippen molar-refractivity contribution in [2.24, 2.45) is 0 Å². The van der Waals surface area contributed by atoms with Crippen molar-refractivity contribution in [2.75, 3.05) is 5.32 Å². The molecular weight excluding hydrogens is 235 g/mol. The quantitative estimate of drug-likeness (QED) is 0.837. The van der Waals surface area contributed by atoms with E-state index in [-0.39, 0.29) is 11.7 Å². The Morgan fingerprint density at radius 3 is 2.78 bits per heavy atom. The van der Waals surface area contributed by atoms with Gasteiger partial charge in [0.05, 0.1) is 0 Å². The Hall–Kier alpha value is -2.43. The molecule has 18 heavy (non-hydrogen) atoms. The van der Waals surface area contributed by atoms with E-state index in [0.717, 1.165) is 0 Å². The van der Waals surface area contributed by atoms with Gasteiger partial charge in [-0.2, -0.15) is 0 Å². The summed E-state index contributed by atoms with van der Waals surface area (Å²) in [7, 11) is 0. The van der Waals surface area contributed by atoms with E-state index in [2.05, 4.69) is 10.3 Å². The number of fused-ring (bicyclic) bond motifs is 1. The lowest BCUT2D eigenvalue weighted by molar-refractivity contribution is -0.123. The number of pyridine rings is 1. The van der Waals surface area contributed by atoms with Crippen molar-refractivity contribution in [3.05, 3.63) is 54.0 Å². The van der Waals surface area contributed by atoms with Crippen molar-refractivity contribution in [3.63, 3.8) is 0 Å². The summed E-state index contributed by atoms with van der Waals surface area (Å²) in [6, 6.07) is 9.09. The van der Waals surface area contributed by atoms with Crippen LogP contribution in [0.3, 0.4) is 0 Å². The number of hydrogen-bond acceptors (Lipinski definition) is 3. The molecule has 1 unspecified atom stereocenters. The second-order valence-corrected chi connectivity index (χ2v) is 3.89. The summed E-state index contributed by atoms with van der Waals surface area (Å²) in [6.07, 6.45) is 0.794. The summed E-state index contributed by atoms with van der Waals surface area (Å²) in [5.74, 6) is 0.247. The topological polar surface area (TPSA) is 51.2 Å². The summed E-state index contributed by atoms with van der Waals surface area (Å²) in [4.78, 5) is 15.9. The first kappa shape index (κ1) is 10.7. The van der Waals surface area contributed by atoms with Gasteiger partial charge in [0, 0.05) is 11.8 Å². The first-order chi connectivity index (χ1) is 8.74. The SMILES string of the molecule is O=C1Nc2ncccc2OC1c1ccc(F)cc1. The number of hydrogen-bond donors (Lipinski definition) is 1. The van der Waals surface area contributed by atoms with Gasteiger partial charge in [0.1, 0.15) is 5.82 Å². The number of ether oxygens (including phenoxy) is 1. The normalized spacial score (nSPS) is 17.6. The van der Waals surface area contributed by atoms with Crippen LogP contribution in [0, 0.1) is 5.82 Å². The number of rotatable bonds is 1. The van der Waals surface area contributed by atoms with E-state index in [4.69, 9.17) is 4.74 Å². The van der Waals surface area contributed by atoms with Gasteiger partial charge in [-0.3, -0.25) is 4.79 Å². The van der Waals surface area contributed by atoms with E-state index >= 15 is 0 Å². The summed E-state index contributed by atoms with van der Waals surface area (Å²) in [5, 5.41) is 2.65. The van der Waals surface area contributed by atoms with E-state index in [1.54, 1.807) is 18.3 Å². The molecule has 1 aliphatic heterocycles. The Morgan fingerprint density at radius 2 is 2.00 bits per heavy atom. The maximum atomic E-state index is 12.8. The molecule has 3 rings (SSSR count). The standard InChI is InChI=1S/C13H9FN2O2/c14-9-5-3-8(4-6-9)11-13(17)16-12-10(18-11)2-1-7-15-12/h1-7,11H,(H,15,16,17). The number of carbonyl (C=O) groups is 1. The van der Waals surface area contributed by atoms with Crippen LogP contribution >= 0.6 is 0 Å². The molecule has 5 heteroatoms. The van der Waals surface area contributed by atoms with Gasteiger partial charge in [0.15, 0.2) is 11.6 Å². The summed E-state index contributed by atoms with van der Waals surface area (Å²) >= 11 is 0. The molecule has 0 radical (unpaired) electrons. The van der Waals surface area contributed by atoms with E-state index in [1.165, 1.54) is 24.3 Å². The lowest BCUT2D eigenvalue weighted by Gasteiger charge is -2.24. The van der Waals surface area contributed by atoms with E-state index in [1.807, 2.05) is 0 Å². The molecule has 1 atom stereocenters. The van der Waals surface area contributed by atoms with Crippen LogP contribution in [0.15, 0.2) is 42.6 Å². The zero-order valence-electron chi connectivity index (χ0n) is 9.26. The molecule has 0 aliphatic carbocycles. The lowest BCUT2D eigenvalue weighted by atomic mass is 10.1. The highest BCUT2D eigenvalue weighted by molar-refractivity contribution is 5.97. The second kappa shape index (κ2) is 4.10. The molecule has 0 bridgehead atoms. The van der Waals surface area contributed by atoms with Crippen LogP contribution in [0.25, 0.3) is 0 Å². The molecule has 1 N–H and O–H groups in total. The van der Waals surface area contributed by atoms with Gasteiger partial charge < -0.3 is 10.1 Å². The zero-order chi connectivity index (χ0) is 12.5. The molecule has 4 nitrogen and oxygen atoms in total. The molecule has 0 spiro atoms. The first-order valence-corrected chi connectivity index (χ1v) is 5.42. The average Bonchev–Trinajstić information content (AvgIpc) is 2.39. The van der Waals surface area contributed by atoms with Gasteiger partial charge in [-0.25, -0.2) is 9.37 Å². The van der Waals surface area contributed by atoms with Crippen LogP contribution in [-0.2, 0) is 4.79 Å². The summed E-state index contributed by atoms with van der Waals surface area (Å²) in [6.45, 7) is 0. The van der Waals surface area contributed by atoms with Gasteiger partial charge in [0.25, 0.3) is 5.91 Å². The highest BCUT2D eigenvalue weighted by Gasteiger charge is 2.29. The number of amides is 1. The molecule has 0 saturated carbocycles. The fraction of sp³-hybridized carbons (Fsp3) is 0.0769. The van der Waals surface area contributed by atoms with Crippen LogP contribution < -0.4 is 10.1 Å². The van der Waals surface area contributed by atoms with E-state index < -0.39 is 6.10 Å². The van der Waals surface area contributed by atoms with Crippen LogP contribution in [-0.4, -0.2) is 10.9 Å². The Morgan fingerprint density at radius 1 is 1.22 bits per heavy atom. The van der Waals surface area contributed by atoms with Gasteiger partial charge in [-0.1, -0.05) is 12.1 Å². The van der Waals surface area contributed by atoms with Crippen molar-refractivity contribution in [2.45, 2.75) is 6.10 Å². The Balaban J connectivity index is 1.95. The highest BCUT2D eigenvalue weighted by atomic mass is 19.1. The van der Waals surface area contributed by atoms with Gasteiger partial charge in [-0.05, 0) is 24.3 Å². The largest absolute Gasteiger partial charge is 0.472 e.